The first kappa shape index (κ1) is 16.3. The maximum atomic E-state index is 6.23. The number of halogens is 1. The highest BCUT2D eigenvalue weighted by Gasteiger charge is 2.25. The molecule has 22 heavy (non-hydrogen) atoms. The Morgan fingerprint density at radius 2 is 1.82 bits per heavy atom. The topological polar surface area (TPSA) is 18.5 Å². The lowest BCUT2D eigenvalue weighted by molar-refractivity contribution is 0.111. The fraction of sp³-hybridized carbons (Fsp3) is 0.667. The van der Waals surface area contributed by atoms with Crippen LogP contribution in [0.15, 0.2) is 18.2 Å². The van der Waals surface area contributed by atoms with E-state index in [1.807, 2.05) is 0 Å². The van der Waals surface area contributed by atoms with Crippen LogP contribution >= 0.6 is 11.6 Å². The number of nitrogens with one attached hydrogen (secondary N) is 1. The molecule has 122 valence electrons. The molecule has 1 aromatic rings. The molecule has 1 aromatic carbocycles. The molecule has 0 saturated carbocycles. The molecule has 1 N–H and O–H groups in total. The van der Waals surface area contributed by atoms with Gasteiger partial charge in [-0.05, 0) is 50.0 Å². The van der Waals surface area contributed by atoms with Crippen LogP contribution in [-0.4, -0.2) is 55.6 Å². The van der Waals surface area contributed by atoms with Crippen LogP contribution in [0.1, 0.15) is 36.4 Å². The second-order valence-corrected chi connectivity index (χ2v) is 7.08. The molecule has 0 aliphatic carbocycles. The zero-order valence-electron chi connectivity index (χ0n) is 13.7. The highest BCUT2D eigenvalue weighted by molar-refractivity contribution is 6.31. The van der Waals surface area contributed by atoms with E-state index in [9.17, 15) is 0 Å². The molecular weight excluding hydrogens is 294 g/mol. The maximum absolute atomic E-state index is 6.23. The molecule has 3 rings (SSSR count). The van der Waals surface area contributed by atoms with Crippen molar-refractivity contribution in [3.05, 3.63) is 34.3 Å². The van der Waals surface area contributed by atoms with Crippen LogP contribution in [0, 0.1) is 6.92 Å². The lowest BCUT2D eigenvalue weighted by atomic mass is 9.99. The van der Waals surface area contributed by atoms with E-state index in [0.29, 0.717) is 6.04 Å². The van der Waals surface area contributed by atoms with Gasteiger partial charge >= 0.3 is 0 Å². The molecule has 0 spiro atoms. The summed E-state index contributed by atoms with van der Waals surface area (Å²) in [7, 11) is 0. The van der Waals surface area contributed by atoms with Gasteiger partial charge in [0, 0.05) is 43.8 Å². The molecule has 0 aromatic heterocycles. The number of hydrogen-bond donors (Lipinski definition) is 1. The van der Waals surface area contributed by atoms with E-state index in [-0.39, 0.29) is 0 Å². The third kappa shape index (κ3) is 4.02. The van der Waals surface area contributed by atoms with Crippen LogP contribution in [0.25, 0.3) is 0 Å². The van der Waals surface area contributed by atoms with Gasteiger partial charge in [-0.25, -0.2) is 0 Å². The molecule has 2 fully saturated rings. The molecule has 3 nitrogen and oxygen atoms in total. The summed E-state index contributed by atoms with van der Waals surface area (Å²) in [5, 5.41) is 4.33. The summed E-state index contributed by atoms with van der Waals surface area (Å²) in [4.78, 5) is 5.30. The summed E-state index contributed by atoms with van der Waals surface area (Å²) < 4.78 is 0. The Hall–Kier alpha value is -0.610. The van der Waals surface area contributed by atoms with Crippen molar-refractivity contribution in [1.82, 2.24) is 15.1 Å². The summed E-state index contributed by atoms with van der Waals surface area (Å²) in [6.07, 6.45) is 4.06. The molecule has 0 bridgehead atoms. The number of likely N-dealkylation sites (tertiary alicyclic amines) is 1. The van der Waals surface area contributed by atoms with Gasteiger partial charge in [0.15, 0.2) is 0 Å². The van der Waals surface area contributed by atoms with Crippen LogP contribution in [-0.2, 0) is 0 Å². The SMILES string of the molecule is Cc1cc(C(CN2CCNCC2)N2CCCCC2)ccc1Cl. The van der Waals surface area contributed by atoms with Crippen LogP contribution in [0.2, 0.25) is 5.02 Å². The largest absolute Gasteiger partial charge is 0.314 e. The first-order chi connectivity index (χ1) is 10.7. The van der Waals surface area contributed by atoms with Crippen molar-refractivity contribution in [1.29, 1.82) is 0 Å². The molecule has 4 heteroatoms. The number of hydrogen-bond acceptors (Lipinski definition) is 3. The second-order valence-electron chi connectivity index (χ2n) is 6.67. The first-order valence-corrected chi connectivity index (χ1v) is 9.05. The molecule has 1 unspecified atom stereocenters. The Balaban J connectivity index is 1.78. The minimum atomic E-state index is 0.509. The van der Waals surface area contributed by atoms with Crippen molar-refractivity contribution >= 4 is 11.6 Å². The van der Waals surface area contributed by atoms with Gasteiger partial charge in [0.1, 0.15) is 0 Å². The Bertz CT molecular complexity index is 479. The fourth-order valence-corrected chi connectivity index (χ4v) is 3.79. The minimum Gasteiger partial charge on any atom is -0.314 e. The summed E-state index contributed by atoms with van der Waals surface area (Å²) in [6.45, 7) is 10.3. The van der Waals surface area contributed by atoms with Gasteiger partial charge in [-0.2, -0.15) is 0 Å². The van der Waals surface area contributed by atoms with Crippen LogP contribution in [0.5, 0.6) is 0 Å². The Morgan fingerprint density at radius 1 is 1.09 bits per heavy atom. The number of piperidine rings is 1. The van der Waals surface area contributed by atoms with Gasteiger partial charge in [-0.15, -0.1) is 0 Å². The molecule has 2 heterocycles. The number of nitrogens with zero attached hydrogens (tertiary/aromatic N) is 2. The van der Waals surface area contributed by atoms with Crippen molar-refractivity contribution < 1.29 is 0 Å². The van der Waals surface area contributed by atoms with Crippen molar-refractivity contribution in [2.45, 2.75) is 32.2 Å². The highest BCUT2D eigenvalue weighted by atomic mass is 35.5. The number of benzene rings is 1. The van der Waals surface area contributed by atoms with Crippen molar-refractivity contribution in [3.63, 3.8) is 0 Å². The lowest BCUT2D eigenvalue weighted by Crippen LogP contribution is -2.48. The monoisotopic (exact) mass is 321 g/mol. The van der Waals surface area contributed by atoms with E-state index in [1.54, 1.807) is 0 Å². The normalized spacial score (nSPS) is 22.6. The van der Waals surface area contributed by atoms with Crippen LogP contribution < -0.4 is 5.32 Å². The highest BCUT2D eigenvalue weighted by Crippen LogP contribution is 2.28. The van der Waals surface area contributed by atoms with Crippen LogP contribution in [0.4, 0.5) is 0 Å². The number of piperazine rings is 1. The van der Waals surface area contributed by atoms with E-state index in [2.05, 4.69) is 40.2 Å². The van der Waals surface area contributed by atoms with Gasteiger partial charge < -0.3 is 5.32 Å². The predicted molar refractivity (Wildman–Crippen MR) is 93.7 cm³/mol. The average molecular weight is 322 g/mol. The Labute approximate surface area is 139 Å². The number of rotatable bonds is 4. The predicted octanol–water partition coefficient (Wildman–Crippen LogP) is 3.08. The second kappa shape index (κ2) is 7.78. The standard InChI is InChI=1S/C18H28ClN3/c1-15-13-16(5-6-17(15)19)18(22-9-3-2-4-10-22)14-21-11-7-20-8-12-21/h5-6,13,18,20H,2-4,7-12,14H2,1H3. The Morgan fingerprint density at radius 3 is 2.50 bits per heavy atom. The third-order valence-corrected chi connectivity index (χ3v) is 5.46. The summed E-state index contributed by atoms with van der Waals surface area (Å²) in [5.41, 5.74) is 2.63. The average Bonchev–Trinajstić information content (AvgIpc) is 2.57. The summed E-state index contributed by atoms with van der Waals surface area (Å²) in [6, 6.07) is 7.11. The van der Waals surface area contributed by atoms with Gasteiger partial charge in [0.05, 0.1) is 0 Å². The summed E-state index contributed by atoms with van der Waals surface area (Å²) in [5.74, 6) is 0. The third-order valence-electron chi connectivity index (χ3n) is 5.04. The van der Waals surface area contributed by atoms with Gasteiger partial charge in [0.2, 0.25) is 0 Å². The zero-order chi connectivity index (χ0) is 15.4. The van der Waals surface area contributed by atoms with Gasteiger partial charge in [-0.1, -0.05) is 30.2 Å². The zero-order valence-corrected chi connectivity index (χ0v) is 14.4. The molecule has 2 aliphatic heterocycles. The van der Waals surface area contributed by atoms with Crippen molar-refractivity contribution in [2.75, 3.05) is 45.8 Å². The molecule has 2 saturated heterocycles. The molecular formula is C18H28ClN3. The van der Waals surface area contributed by atoms with Gasteiger partial charge in [-0.3, -0.25) is 9.80 Å². The molecule has 1 atom stereocenters. The van der Waals surface area contributed by atoms with E-state index in [4.69, 9.17) is 11.6 Å². The molecule has 0 amide bonds. The van der Waals surface area contributed by atoms with Crippen molar-refractivity contribution in [3.8, 4) is 0 Å². The maximum Gasteiger partial charge on any atom is 0.0475 e. The number of aryl methyl sites for hydroxylation is 1. The summed E-state index contributed by atoms with van der Waals surface area (Å²) >= 11 is 6.23. The lowest BCUT2D eigenvalue weighted by Gasteiger charge is -2.39. The Kier molecular flexibility index (Phi) is 5.75. The van der Waals surface area contributed by atoms with E-state index in [1.165, 1.54) is 43.5 Å². The van der Waals surface area contributed by atoms with E-state index in [0.717, 1.165) is 37.7 Å². The quantitative estimate of drug-likeness (QED) is 0.919. The molecule has 0 radical (unpaired) electrons. The minimum absolute atomic E-state index is 0.509. The smallest absolute Gasteiger partial charge is 0.0475 e. The van der Waals surface area contributed by atoms with E-state index >= 15 is 0 Å². The van der Waals surface area contributed by atoms with Gasteiger partial charge in [0.25, 0.3) is 0 Å². The van der Waals surface area contributed by atoms with Crippen molar-refractivity contribution in [2.24, 2.45) is 0 Å². The van der Waals surface area contributed by atoms with E-state index < -0.39 is 0 Å². The molecule has 2 aliphatic rings. The van der Waals surface area contributed by atoms with Crippen LogP contribution in [0.3, 0.4) is 0 Å². The fourth-order valence-electron chi connectivity index (χ4n) is 3.68. The first-order valence-electron chi connectivity index (χ1n) is 8.67.